The first-order valence-corrected chi connectivity index (χ1v) is 6.86. The lowest BCUT2D eigenvalue weighted by Crippen LogP contribution is -2.57. The number of hydrogen-bond donors (Lipinski definition) is 2. The highest BCUT2D eigenvalue weighted by atomic mass is 16.5. The minimum Gasteiger partial charge on any atom is -0.376 e. The molecule has 0 bridgehead atoms. The fraction of sp³-hybridized carbons (Fsp3) is 0.923. The molecule has 2 aliphatic heterocycles. The van der Waals surface area contributed by atoms with Gasteiger partial charge >= 0.3 is 0 Å². The molecule has 2 N–H and O–H groups in total. The van der Waals surface area contributed by atoms with Crippen LogP contribution in [0.5, 0.6) is 0 Å². The zero-order valence-corrected chi connectivity index (χ0v) is 10.8. The van der Waals surface area contributed by atoms with E-state index in [-0.39, 0.29) is 17.6 Å². The van der Waals surface area contributed by atoms with Crippen LogP contribution in [-0.4, -0.2) is 37.2 Å². The third-order valence-electron chi connectivity index (χ3n) is 3.88. The fourth-order valence-corrected chi connectivity index (χ4v) is 2.62. The highest BCUT2D eigenvalue weighted by Gasteiger charge is 2.34. The number of nitrogens with one attached hydrogen (secondary N) is 2. The topological polar surface area (TPSA) is 50.4 Å². The number of amides is 1. The van der Waals surface area contributed by atoms with Gasteiger partial charge in [-0.25, -0.2) is 0 Å². The van der Waals surface area contributed by atoms with Gasteiger partial charge in [0.15, 0.2) is 0 Å². The Labute approximate surface area is 103 Å². The van der Waals surface area contributed by atoms with Gasteiger partial charge in [0.05, 0.1) is 11.6 Å². The average molecular weight is 240 g/mol. The Morgan fingerprint density at radius 1 is 1.41 bits per heavy atom. The summed E-state index contributed by atoms with van der Waals surface area (Å²) in [5, 5.41) is 6.37. The summed E-state index contributed by atoms with van der Waals surface area (Å²) < 4.78 is 5.61. The maximum Gasteiger partial charge on any atom is 0.240 e. The van der Waals surface area contributed by atoms with Crippen LogP contribution in [0.25, 0.3) is 0 Å². The largest absolute Gasteiger partial charge is 0.376 e. The molecule has 98 valence electrons. The zero-order chi connectivity index (χ0) is 12.1. The second-order valence-electron chi connectivity index (χ2n) is 5.41. The number of ether oxygens (including phenoxy) is 1. The van der Waals surface area contributed by atoms with Gasteiger partial charge in [-0.2, -0.15) is 0 Å². The van der Waals surface area contributed by atoms with E-state index in [4.69, 9.17) is 4.74 Å². The van der Waals surface area contributed by atoms with Crippen LogP contribution in [-0.2, 0) is 9.53 Å². The molecule has 17 heavy (non-hydrogen) atoms. The van der Waals surface area contributed by atoms with E-state index < -0.39 is 0 Å². The molecule has 0 aromatic heterocycles. The highest BCUT2D eigenvalue weighted by Crippen LogP contribution is 2.19. The van der Waals surface area contributed by atoms with Crippen LogP contribution >= 0.6 is 0 Å². The molecule has 2 saturated heterocycles. The highest BCUT2D eigenvalue weighted by molar-refractivity contribution is 5.85. The molecule has 2 fully saturated rings. The Balaban J connectivity index is 1.75. The normalized spacial score (nSPS) is 34.3. The Morgan fingerprint density at radius 3 is 2.94 bits per heavy atom. The first-order chi connectivity index (χ1) is 8.21. The van der Waals surface area contributed by atoms with Crippen molar-refractivity contribution in [1.29, 1.82) is 0 Å². The second kappa shape index (κ2) is 5.83. The van der Waals surface area contributed by atoms with Gasteiger partial charge in [0.25, 0.3) is 0 Å². The monoisotopic (exact) mass is 240 g/mol. The van der Waals surface area contributed by atoms with Crippen molar-refractivity contribution in [3.05, 3.63) is 0 Å². The van der Waals surface area contributed by atoms with Crippen LogP contribution in [0, 0.1) is 0 Å². The van der Waals surface area contributed by atoms with Gasteiger partial charge in [-0.1, -0.05) is 0 Å². The number of rotatable bonds is 3. The van der Waals surface area contributed by atoms with Crippen molar-refractivity contribution >= 4 is 5.91 Å². The number of piperidine rings is 1. The smallest absolute Gasteiger partial charge is 0.240 e. The van der Waals surface area contributed by atoms with E-state index in [1.54, 1.807) is 0 Å². The molecule has 0 saturated carbocycles. The summed E-state index contributed by atoms with van der Waals surface area (Å²) in [6, 6.07) is 0. The van der Waals surface area contributed by atoms with Crippen LogP contribution in [0.3, 0.4) is 0 Å². The molecule has 0 aromatic carbocycles. The molecule has 0 aliphatic carbocycles. The van der Waals surface area contributed by atoms with E-state index in [9.17, 15) is 4.79 Å². The summed E-state index contributed by atoms with van der Waals surface area (Å²) in [7, 11) is 0. The number of carbonyl (C=O) groups excluding carboxylic acids is 1. The van der Waals surface area contributed by atoms with Gasteiger partial charge in [0.1, 0.15) is 0 Å². The summed E-state index contributed by atoms with van der Waals surface area (Å²) in [5.74, 6) is 0.131. The van der Waals surface area contributed by atoms with Gasteiger partial charge in [0.2, 0.25) is 5.91 Å². The van der Waals surface area contributed by atoms with E-state index in [1.807, 2.05) is 6.92 Å². The van der Waals surface area contributed by atoms with Gasteiger partial charge in [0, 0.05) is 13.2 Å². The molecule has 2 rings (SSSR count). The van der Waals surface area contributed by atoms with Crippen LogP contribution in [0.1, 0.15) is 45.4 Å². The van der Waals surface area contributed by atoms with Crippen LogP contribution in [0.2, 0.25) is 0 Å². The van der Waals surface area contributed by atoms with Gasteiger partial charge in [-0.05, 0) is 52.0 Å². The minimum atomic E-state index is -0.368. The summed E-state index contributed by atoms with van der Waals surface area (Å²) in [5.41, 5.74) is -0.368. The van der Waals surface area contributed by atoms with E-state index in [2.05, 4.69) is 10.6 Å². The van der Waals surface area contributed by atoms with Crippen LogP contribution in [0.4, 0.5) is 0 Å². The standard InChI is InChI=1S/C13H24N2O2/c1-13(7-3-4-8-15-13)12(16)14-10-11-6-2-5-9-17-11/h11,15H,2-10H2,1H3,(H,14,16). The third-order valence-corrected chi connectivity index (χ3v) is 3.88. The Kier molecular flexibility index (Phi) is 4.40. The zero-order valence-electron chi connectivity index (χ0n) is 10.8. The Hall–Kier alpha value is -0.610. The van der Waals surface area contributed by atoms with E-state index in [0.717, 1.165) is 38.8 Å². The summed E-state index contributed by atoms with van der Waals surface area (Å²) >= 11 is 0. The minimum absolute atomic E-state index is 0.131. The van der Waals surface area contributed by atoms with Crippen molar-refractivity contribution in [2.75, 3.05) is 19.7 Å². The number of carbonyl (C=O) groups is 1. The van der Waals surface area contributed by atoms with Crippen molar-refractivity contribution < 1.29 is 9.53 Å². The fourth-order valence-electron chi connectivity index (χ4n) is 2.62. The molecule has 2 unspecified atom stereocenters. The maximum absolute atomic E-state index is 12.1. The molecule has 0 spiro atoms. The quantitative estimate of drug-likeness (QED) is 0.779. The Bertz CT molecular complexity index is 256. The molecular weight excluding hydrogens is 216 g/mol. The molecule has 2 aliphatic rings. The summed E-state index contributed by atoms with van der Waals surface area (Å²) in [6.45, 7) is 4.46. The molecular formula is C13H24N2O2. The molecule has 4 heteroatoms. The van der Waals surface area contributed by atoms with E-state index >= 15 is 0 Å². The predicted octanol–water partition coefficient (Wildman–Crippen LogP) is 1.20. The van der Waals surface area contributed by atoms with Crippen molar-refractivity contribution in [3.63, 3.8) is 0 Å². The van der Waals surface area contributed by atoms with E-state index in [0.29, 0.717) is 6.54 Å². The second-order valence-corrected chi connectivity index (χ2v) is 5.41. The SMILES string of the molecule is CC1(C(=O)NCC2CCCCO2)CCCCN1. The van der Waals surface area contributed by atoms with E-state index in [1.165, 1.54) is 12.8 Å². The number of hydrogen-bond acceptors (Lipinski definition) is 3. The maximum atomic E-state index is 12.1. The first kappa shape index (κ1) is 12.8. The van der Waals surface area contributed by atoms with Crippen molar-refractivity contribution in [3.8, 4) is 0 Å². The lowest BCUT2D eigenvalue weighted by atomic mass is 9.90. The average Bonchev–Trinajstić information content (AvgIpc) is 2.38. The van der Waals surface area contributed by atoms with Gasteiger partial charge in [-0.3, -0.25) is 4.79 Å². The molecule has 1 amide bonds. The predicted molar refractivity (Wildman–Crippen MR) is 66.9 cm³/mol. The summed E-state index contributed by atoms with van der Waals surface area (Å²) in [6.07, 6.45) is 6.92. The van der Waals surface area contributed by atoms with Crippen molar-refractivity contribution in [2.24, 2.45) is 0 Å². The lowest BCUT2D eigenvalue weighted by Gasteiger charge is -2.34. The lowest BCUT2D eigenvalue weighted by molar-refractivity contribution is -0.128. The molecule has 2 heterocycles. The molecule has 0 radical (unpaired) electrons. The Morgan fingerprint density at radius 2 is 2.29 bits per heavy atom. The van der Waals surface area contributed by atoms with Crippen LogP contribution < -0.4 is 10.6 Å². The van der Waals surface area contributed by atoms with Crippen molar-refractivity contribution in [1.82, 2.24) is 10.6 Å². The molecule has 2 atom stereocenters. The summed E-state index contributed by atoms with van der Waals surface area (Å²) in [4.78, 5) is 12.1. The van der Waals surface area contributed by atoms with Gasteiger partial charge in [-0.15, -0.1) is 0 Å². The molecule has 4 nitrogen and oxygen atoms in total. The molecule has 0 aromatic rings. The van der Waals surface area contributed by atoms with Crippen molar-refractivity contribution in [2.45, 2.75) is 57.1 Å². The van der Waals surface area contributed by atoms with Gasteiger partial charge < -0.3 is 15.4 Å². The third kappa shape index (κ3) is 3.42. The first-order valence-electron chi connectivity index (χ1n) is 6.86. The van der Waals surface area contributed by atoms with Crippen LogP contribution in [0.15, 0.2) is 0 Å².